The van der Waals surface area contributed by atoms with Gasteiger partial charge in [0, 0.05) is 0 Å². The topological polar surface area (TPSA) is 0 Å². The number of unbranched alkanes of at least 4 members (excludes halogenated alkanes) is 5. The Kier molecular flexibility index (Phi) is 10.8. The van der Waals surface area contributed by atoms with Crippen LogP contribution in [0.4, 0.5) is 0 Å². The average molecular weight is 476 g/mol. The van der Waals surface area contributed by atoms with Crippen molar-refractivity contribution in [3.63, 3.8) is 0 Å². The van der Waals surface area contributed by atoms with Crippen molar-refractivity contribution in [1.29, 1.82) is 0 Å². The standard InChI is InChI=1S/C17H29Se.3CH3.Sn/c1-3-5-7-9-11-16(10-8-6-4-2)14-17-12-13-18-15-17;;;;/h12,15-16H,3-11,14H2,1-2H3;3*1H3;. The summed E-state index contributed by atoms with van der Waals surface area (Å²) in [5.41, 5.74) is 1.71. The Morgan fingerprint density at radius 3 is 2.05 bits per heavy atom. The van der Waals surface area contributed by atoms with Crippen LogP contribution in [0.5, 0.6) is 0 Å². The molecule has 0 spiro atoms. The Bertz CT molecular complexity index is 389. The Hall–Kier alpha value is 0.798. The molecule has 0 aromatic carbocycles. The second-order valence-electron chi connectivity index (χ2n) is 7.98. The molecule has 0 radical (unpaired) electrons. The van der Waals surface area contributed by atoms with E-state index in [2.05, 4.69) is 39.7 Å². The van der Waals surface area contributed by atoms with Gasteiger partial charge in [-0.05, 0) is 0 Å². The SMILES string of the molecule is CCCCCCC(CCCCC)Cc1c[se][c]([Sn]([CH3])([CH3])[CH3])c1. The maximum absolute atomic E-state index is 2.63. The van der Waals surface area contributed by atoms with Gasteiger partial charge in [-0.2, -0.15) is 0 Å². The zero-order valence-electron chi connectivity index (χ0n) is 15.7. The summed E-state index contributed by atoms with van der Waals surface area (Å²) in [4.78, 5) is 10.3. The van der Waals surface area contributed by atoms with E-state index in [0.29, 0.717) is 14.5 Å². The van der Waals surface area contributed by atoms with Crippen molar-refractivity contribution in [2.75, 3.05) is 0 Å². The van der Waals surface area contributed by atoms with E-state index in [4.69, 9.17) is 0 Å². The maximum atomic E-state index is 2.63. The van der Waals surface area contributed by atoms with Crippen LogP contribution >= 0.6 is 0 Å². The van der Waals surface area contributed by atoms with E-state index in [0.717, 1.165) is 5.92 Å². The van der Waals surface area contributed by atoms with E-state index in [1.807, 2.05) is 2.45 Å². The van der Waals surface area contributed by atoms with E-state index in [1.165, 1.54) is 64.2 Å². The van der Waals surface area contributed by atoms with Crippen LogP contribution in [-0.2, 0) is 6.42 Å². The summed E-state index contributed by atoms with van der Waals surface area (Å²) >= 11 is -1.07. The summed E-state index contributed by atoms with van der Waals surface area (Å²) in [6.45, 7) is 4.64. The van der Waals surface area contributed by atoms with Gasteiger partial charge in [-0.3, -0.25) is 0 Å². The molecule has 1 heterocycles. The van der Waals surface area contributed by atoms with Crippen molar-refractivity contribution in [3.8, 4) is 0 Å². The monoisotopic (exact) mass is 478 g/mol. The average Bonchev–Trinajstić information content (AvgIpc) is 2.92. The van der Waals surface area contributed by atoms with Gasteiger partial charge in [-0.1, -0.05) is 0 Å². The fraction of sp³-hybridized carbons (Fsp3) is 0.800. The van der Waals surface area contributed by atoms with Crippen molar-refractivity contribution in [2.24, 2.45) is 5.92 Å². The molecule has 0 aliphatic carbocycles. The zero-order valence-corrected chi connectivity index (χ0v) is 20.3. The Morgan fingerprint density at radius 1 is 0.909 bits per heavy atom. The van der Waals surface area contributed by atoms with Gasteiger partial charge in [0.25, 0.3) is 0 Å². The van der Waals surface area contributed by atoms with Crippen molar-refractivity contribution in [2.45, 2.75) is 92.9 Å². The van der Waals surface area contributed by atoms with Crippen LogP contribution in [0.3, 0.4) is 0 Å². The molecule has 0 bridgehead atoms. The molecule has 0 saturated heterocycles. The number of hydrogen-bond donors (Lipinski definition) is 0. The van der Waals surface area contributed by atoms with Gasteiger partial charge in [0.05, 0.1) is 0 Å². The normalized spacial score (nSPS) is 13.5. The van der Waals surface area contributed by atoms with E-state index in [9.17, 15) is 0 Å². The molecule has 128 valence electrons. The first-order valence-corrected chi connectivity index (χ1v) is 21.4. The molecule has 0 aliphatic heterocycles. The third kappa shape index (κ3) is 8.59. The Morgan fingerprint density at radius 2 is 1.50 bits per heavy atom. The summed E-state index contributed by atoms with van der Waals surface area (Å²) in [6, 6.07) is 2.63. The molecule has 0 fully saturated rings. The minimum atomic E-state index is -1.77. The van der Waals surface area contributed by atoms with Crippen molar-refractivity contribution in [1.82, 2.24) is 0 Å². The van der Waals surface area contributed by atoms with Gasteiger partial charge in [0.1, 0.15) is 0 Å². The first-order chi connectivity index (χ1) is 10.5. The van der Waals surface area contributed by atoms with Crippen LogP contribution in [0.25, 0.3) is 0 Å². The molecule has 22 heavy (non-hydrogen) atoms. The Balaban J connectivity index is 2.52. The summed E-state index contributed by atoms with van der Waals surface area (Å²) < 4.78 is 1.90. The summed E-state index contributed by atoms with van der Waals surface area (Å²) in [5, 5.41) is 0. The molecule has 0 nitrogen and oxygen atoms in total. The van der Waals surface area contributed by atoms with Gasteiger partial charge in [0.2, 0.25) is 0 Å². The van der Waals surface area contributed by atoms with Gasteiger partial charge in [-0.15, -0.1) is 0 Å². The molecule has 0 N–H and O–H groups in total. The molecule has 2 heteroatoms. The predicted molar refractivity (Wildman–Crippen MR) is 106 cm³/mol. The van der Waals surface area contributed by atoms with Crippen LogP contribution in [0, 0.1) is 5.92 Å². The molecule has 0 saturated carbocycles. The van der Waals surface area contributed by atoms with Crippen LogP contribution in [0.15, 0.2) is 11.0 Å². The fourth-order valence-electron chi connectivity index (χ4n) is 3.10. The van der Waals surface area contributed by atoms with E-state index >= 15 is 0 Å². The fourth-order valence-corrected chi connectivity index (χ4v) is 13.1. The molecule has 0 aliphatic rings. The quantitative estimate of drug-likeness (QED) is 0.257. The van der Waals surface area contributed by atoms with Crippen molar-refractivity contribution >= 4 is 35.3 Å². The minimum absolute atomic E-state index is 0.708. The molecule has 1 aromatic rings. The van der Waals surface area contributed by atoms with E-state index in [-0.39, 0.29) is 0 Å². The third-order valence-corrected chi connectivity index (χ3v) is 21.3. The van der Waals surface area contributed by atoms with Crippen molar-refractivity contribution < 1.29 is 0 Å². The van der Waals surface area contributed by atoms with Crippen LogP contribution in [0.2, 0.25) is 14.8 Å². The summed E-state index contributed by atoms with van der Waals surface area (Å²) in [6.07, 6.45) is 14.2. The number of hydrogen-bond acceptors (Lipinski definition) is 0. The van der Waals surface area contributed by atoms with E-state index in [1.54, 1.807) is 5.56 Å². The van der Waals surface area contributed by atoms with Crippen LogP contribution in [0.1, 0.15) is 77.2 Å². The van der Waals surface area contributed by atoms with Crippen molar-refractivity contribution in [3.05, 3.63) is 16.6 Å². The van der Waals surface area contributed by atoms with Gasteiger partial charge >= 0.3 is 151 Å². The molecule has 0 amide bonds. The molecule has 1 rings (SSSR count). The molecule has 1 atom stereocenters. The molecule has 1 aromatic heterocycles. The van der Waals surface area contributed by atoms with Gasteiger partial charge in [-0.25, -0.2) is 0 Å². The zero-order chi connectivity index (χ0) is 16.4. The van der Waals surface area contributed by atoms with E-state index < -0.39 is 18.4 Å². The second-order valence-corrected chi connectivity index (χ2v) is 26.6. The predicted octanol–water partition coefficient (Wildman–Crippen LogP) is 6.00. The Labute approximate surface area is 150 Å². The first kappa shape index (κ1) is 20.8. The first-order valence-electron chi connectivity index (χ1n) is 9.55. The number of rotatable bonds is 12. The molecular formula is C20H38SeSn. The summed E-state index contributed by atoms with van der Waals surface area (Å²) in [7, 11) is 0. The van der Waals surface area contributed by atoms with Crippen LogP contribution < -0.4 is 2.45 Å². The second kappa shape index (κ2) is 11.4. The molecule has 1 unspecified atom stereocenters. The van der Waals surface area contributed by atoms with Crippen LogP contribution in [-0.4, -0.2) is 32.9 Å². The van der Waals surface area contributed by atoms with Gasteiger partial charge in [0.15, 0.2) is 0 Å². The molecular weight excluding hydrogens is 438 g/mol. The third-order valence-electron chi connectivity index (χ3n) is 4.60. The summed E-state index contributed by atoms with van der Waals surface area (Å²) in [5.74, 6) is 0.955. The van der Waals surface area contributed by atoms with Gasteiger partial charge < -0.3 is 0 Å².